The summed E-state index contributed by atoms with van der Waals surface area (Å²) in [7, 11) is 0. The van der Waals surface area contributed by atoms with Crippen molar-refractivity contribution in [3.05, 3.63) is 60.2 Å². The molecule has 2 rings (SSSR count). The van der Waals surface area contributed by atoms with Gasteiger partial charge in [0.05, 0.1) is 0 Å². The van der Waals surface area contributed by atoms with Gasteiger partial charge in [-0.25, -0.2) is 4.79 Å². The third kappa shape index (κ3) is 4.04. The maximum Gasteiger partial charge on any atom is 0.328 e. The van der Waals surface area contributed by atoms with Crippen LogP contribution in [0.2, 0.25) is 0 Å². The number of hydrogen-bond acceptors (Lipinski definition) is 2. The number of benzene rings is 2. The highest BCUT2D eigenvalue weighted by molar-refractivity contribution is 5.90. The Morgan fingerprint density at radius 1 is 1.05 bits per heavy atom. The first kappa shape index (κ1) is 14.5. The second-order valence-electron chi connectivity index (χ2n) is 4.52. The molecule has 4 heteroatoms. The van der Waals surface area contributed by atoms with Crippen molar-refractivity contribution in [2.75, 3.05) is 5.32 Å². The van der Waals surface area contributed by atoms with E-state index in [2.05, 4.69) is 5.32 Å². The number of carboxylic acid groups (broad SMARTS) is 1. The Kier molecular flexibility index (Phi) is 4.51. The number of hydrogen-bond donors (Lipinski definition) is 2. The van der Waals surface area contributed by atoms with Crippen LogP contribution in [0.25, 0.3) is 17.2 Å². The topological polar surface area (TPSA) is 66.4 Å². The van der Waals surface area contributed by atoms with Crippen molar-refractivity contribution < 1.29 is 14.7 Å². The van der Waals surface area contributed by atoms with Gasteiger partial charge in [0.1, 0.15) is 0 Å². The molecule has 0 saturated carbocycles. The van der Waals surface area contributed by atoms with E-state index in [1.165, 1.54) is 6.92 Å². The van der Waals surface area contributed by atoms with Gasteiger partial charge in [0.15, 0.2) is 0 Å². The van der Waals surface area contributed by atoms with Crippen molar-refractivity contribution in [2.24, 2.45) is 0 Å². The van der Waals surface area contributed by atoms with Crippen LogP contribution < -0.4 is 5.32 Å². The number of nitrogens with one attached hydrogen (secondary N) is 1. The highest BCUT2D eigenvalue weighted by Crippen LogP contribution is 2.26. The molecule has 1 amide bonds. The van der Waals surface area contributed by atoms with Crippen LogP contribution in [0.15, 0.2) is 54.6 Å². The first-order valence-electron chi connectivity index (χ1n) is 6.44. The van der Waals surface area contributed by atoms with Gasteiger partial charge in [-0.2, -0.15) is 0 Å². The molecule has 0 spiro atoms. The zero-order valence-corrected chi connectivity index (χ0v) is 11.5. The maximum absolute atomic E-state index is 11.0. The summed E-state index contributed by atoms with van der Waals surface area (Å²) in [5.74, 6) is -1.10. The summed E-state index contributed by atoms with van der Waals surface area (Å²) in [6.45, 7) is 1.46. The molecule has 0 saturated heterocycles. The lowest BCUT2D eigenvalue weighted by molar-refractivity contribution is -0.131. The Morgan fingerprint density at radius 2 is 1.71 bits per heavy atom. The third-order valence-electron chi connectivity index (χ3n) is 2.88. The van der Waals surface area contributed by atoms with Crippen LogP contribution in [0.3, 0.4) is 0 Å². The van der Waals surface area contributed by atoms with E-state index in [9.17, 15) is 9.59 Å². The zero-order chi connectivity index (χ0) is 15.2. The minimum absolute atomic E-state index is 0.118. The van der Waals surface area contributed by atoms with Crippen molar-refractivity contribution in [2.45, 2.75) is 6.92 Å². The molecule has 2 N–H and O–H groups in total. The van der Waals surface area contributed by atoms with E-state index in [-0.39, 0.29) is 5.91 Å². The number of anilines is 1. The molecule has 4 nitrogen and oxygen atoms in total. The van der Waals surface area contributed by atoms with Crippen LogP contribution in [0.4, 0.5) is 5.69 Å². The molecule has 2 aromatic rings. The second-order valence-corrected chi connectivity index (χ2v) is 4.52. The standard InChI is InChI=1S/C17H15NO3/c1-12(19)18-15-9-6-14(7-10-15)16-5-3-2-4-13(16)8-11-17(20)21/h2-11H,1H3,(H,18,19)(H,20,21)/b11-8-. The fraction of sp³-hybridized carbons (Fsp3) is 0.0588. The zero-order valence-electron chi connectivity index (χ0n) is 11.5. The van der Waals surface area contributed by atoms with Gasteiger partial charge < -0.3 is 10.4 Å². The lowest BCUT2D eigenvalue weighted by atomic mass is 9.99. The average Bonchev–Trinajstić information content (AvgIpc) is 2.46. The molecule has 106 valence electrons. The number of carbonyl (C=O) groups excluding carboxylic acids is 1. The number of rotatable bonds is 4. The Bertz CT molecular complexity index is 687. The van der Waals surface area contributed by atoms with Crippen molar-refractivity contribution in [1.82, 2.24) is 0 Å². The van der Waals surface area contributed by atoms with Crippen LogP contribution in [0.5, 0.6) is 0 Å². The molecule has 0 aliphatic carbocycles. The first-order chi connectivity index (χ1) is 10.1. The molecule has 0 unspecified atom stereocenters. The molecule has 0 heterocycles. The quantitative estimate of drug-likeness (QED) is 0.844. The minimum atomic E-state index is -0.981. The molecule has 21 heavy (non-hydrogen) atoms. The number of amides is 1. The van der Waals surface area contributed by atoms with Gasteiger partial charge >= 0.3 is 5.97 Å². The molecule has 0 aliphatic heterocycles. The van der Waals surface area contributed by atoms with E-state index in [1.807, 2.05) is 48.5 Å². The number of carboxylic acids is 1. The summed E-state index contributed by atoms with van der Waals surface area (Å²) in [5, 5.41) is 11.4. The van der Waals surface area contributed by atoms with Gasteiger partial charge in [0.25, 0.3) is 0 Å². The highest BCUT2D eigenvalue weighted by Gasteiger charge is 2.03. The number of aliphatic carboxylic acids is 1. The van der Waals surface area contributed by atoms with Gasteiger partial charge in [-0.3, -0.25) is 4.79 Å². The van der Waals surface area contributed by atoms with Crippen LogP contribution in [0, 0.1) is 0 Å². The minimum Gasteiger partial charge on any atom is -0.478 e. The smallest absolute Gasteiger partial charge is 0.328 e. The monoisotopic (exact) mass is 281 g/mol. The van der Waals surface area contributed by atoms with Crippen molar-refractivity contribution in [3.63, 3.8) is 0 Å². The first-order valence-corrected chi connectivity index (χ1v) is 6.44. The van der Waals surface area contributed by atoms with Gasteiger partial charge in [-0.1, -0.05) is 36.4 Å². The molecule has 0 atom stereocenters. The molecule has 0 bridgehead atoms. The van der Waals surface area contributed by atoms with Gasteiger partial charge in [0, 0.05) is 18.7 Å². The molecule has 0 fully saturated rings. The molecule has 2 aromatic carbocycles. The van der Waals surface area contributed by atoms with E-state index in [0.717, 1.165) is 28.5 Å². The Hall–Kier alpha value is -2.88. The summed E-state index contributed by atoms with van der Waals surface area (Å²) >= 11 is 0. The van der Waals surface area contributed by atoms with Crippen molar-refractivity contribution in [3.8, 4) is 11.1 Å². The average molecular weight is 281 g/mol. The fourth-order valence-corrected chi connectivity index (χ4v) is 2.00. The maximum atomic E-state index is 11.0. The number of carbonyl (C=O) groups is 2. The predicted molar refractivity (Wildman–Crippen MR) is 82.9 cm³/mol. The van der Waals surface area contributed by atoms with Gasteiger partial charge in [-0.05, 0) is 34.9 Å². The summed E-state index contributed by atoms with van der Waals surface area (Å²) in [5.41, 5.74) is 3.44. The van der Waals surface area contributed by atoms with Crippen molar-refractivity contribution >= 4 is 23.6 Å². The van der Waals surface area contributed by atoms with E-state index >= 15 is 0 Å². The molecular weight excluding hydrogens is 266 g/mol. The Labute approximate surface area is 122 Å². The van der Waals surface area contributed by atoms with Gasteiger partial charge in [0.2, 0.25) is 5.91 Å². The third-order valence-corrected chi connectivity index (χ3v) is 2.88. The summed E-state index contributed by atoms with van der Waals surface area (Å²) in [4.78, 5) is 21.6. The van der Waals surface area contributed by atoms with E-state index in [0.29, 0.717) is 0 Å². The second kappa shape index (κ2) is 6.52. The summed E-state index contributed by atoms with van der Waals surface area (Å²) in [6.07, 6.45) is 2.68. The van der Waals surface area contributed by atoms with E-state index in [1.54, 1.807) is 6.08 Å². The fourth-order valence-electron chi connectivity index (χ4n) is 2.00. The van der Waals surface area contributed by atoms with Crippen LogP contribution in [-0.4, -0.2) is 17.0 Å². The molecule has 0 radical (unpaired) electrons. The van der Waals surface area contributed by atoms with Gasteiger partial charge in [-0.15, -0.1) is 0 Å². The van der Waals surface area contributed by atoms with E-state index < -0.39 is 5.97 Å². The normalized spacial score (nSPS) is 10.5. The van der Waals surface area contributed by atoms with Crippen molar-refractivity contribution in [1.29, 1.82) is 0 Å². The lowest BCUT2D eigenvalue weighted by Crippen LogP contribution is -2.05. The summed E-state index contributed by atoms with van der Waals surface area (Å²) < 4.78 is 0. The largest absolute Gasteiger partial charge is 0.478 e. The SMILES string of the molecule is CC(=O)Nc1ccc(-c2ccccc2/C=C\C(=O)O)cc1. The Balaban J connectivity index is 2.33. The highest BCUT2D eigenvalue weighted by atomic mass is 16.4. The molecule has 0 aromatic heterocycles. The Morgan fingerprint density at radius 3 is 2.33 bits per heavy atom. The molecule has 0 aliphatic rings. The lowest BCUT2D eigenvalue weighted by Gasteiger charge is -2.08. The van der Waals surface area contributed by atoms with Crippen LogP contribution >= 0.6 is 0 Å². The molecular formula is C17H15NO3. The predicted octanol–water partition coefficient (Wildman–Crippen LogP) is 3.41. The van der Waals surface area contributed by atoms with E-state index in [4.69, 9.17) is 5.11 Å². The van der Waals surface area contributed by atoms with Crippen LogP contribution in [0.1, 0.15) is 12.5 Å². The van der Waals surface area contributed by atoms with Crippen LogP contribution in [-0.2, 0) is 9.59 Å². The summed E-state index contributed by atoms with van der Waals surface area (Å²) in [6, 6.07) is 14.9.